The van der Waals surface area contributed by atoms with Crippen LogP contribution in [0.3, 0.4) is 0 Å². The number of anilines is 1. The van der Waals surface area contributed by atoms with E-state index in [-0.39, 0.29) is 23.8 Å². The predicted octanol–water partition coefficient (Wildman–Crippen LogP) is 5.08. The van der Waals surface area contributed by atoms with Gasteiger partial charge in [0.1, 0.15) is 10.8 Å². The number of halogens is 3. The highest BCUT2D eigenvalue weighted by Gasteiger charge is 2.30. The van der Waals surface area contributed by atoms with Gasteiger partial charge in [0.05, 0.1) is 17.7 Å². The molecule has 0 atom stereocenters. The normalized spacial score (nSPS) is 11.4. The van der Waals surface area contributed by atoms with Crippen molar-refractivity contribution in [2.45, 2.75) is 32.9 Å². The first-order chi connectivity index (χ1) is 13.1. The number of benzene rings is 1. The Bertz CT molecular complexity index is 829. The fourth-order valence-electron chi connectivity index (χ4n) is 2.20. The molecule has 0 aliphatic heterocycles. The molecule has 0 spiro atoms. The van der Waals surface area contributed by atoms with Crippen LogP contribution in [0.1, 0.15) is 47.5 Å². The van der Waals surface area contributed by atoms with Gasteiger partial charge in [-0.25, -0.2) is 4.79 Å². The van der Waals surface area contributed by atoms with E-state index in [2.05, 4.69) is 5.32 Å². The van der Waals surface area contributed by atoms with E-state index in [1.54, 1.807) is 13.0 Å². The zero-order valence-electron chi connectivity index (χ0n) is 15.6. The second kappa shape index (κ2) is 9.09. The first-order valence-electron chi connectivity index (χ1n) is 8.52. The van der Waals surface area contributed by atoms with Crippen molar-refractivity contribution in [1.29, 1.82) is 0 Å². The molecule has 1 aromatic heterocycles. The Labute approximate surface area is 164 Å². The van der Waals surface area contributed by atoms with Crippen LogP contribution >= 0.6 is 11.3 Å². The highest BCUT2D eigenvalue weighted by Crippen LogP contribution is 2.33. The van der Waals surface area contributed by atoms with Crippen LogP contribution < -0.4 is 10.1 Å². The topological polar surface area (TPSA) is 64.6 Å². The van der Waals surface area contributed by atoms with E-state index in [9.17, 15) is 22.8 Å². The Kier molecular flexibility index (Phi) is 7.06. The van der Waals surface area contributed by atoms with Crippen LogP contribution in [0.5, 0.6) is 5.75 Å². The molecule has 2 aromatic rings. The summed E-state index contributed by atoms with van der Waals surface area (Å²) in [6.45, 7) is 5.39. The van der Waals surface area contributed by atoms with Gasteiger partial charge in [-0.3, -0.25) is 4.79 Å². The molecule has 0 saturated carbocycles. The molecule has 2 rings (SSSR count). The minimum atomic E-state index is -4.44. The Hall–Kier alpha value is -2.55. The van der Waals surface area contributed by atoms with E-state index in [0.29, 0.717) is 5.00 Å². The van der Waals surface area contributed by atoms with Gasteiger partial charge < -0.3 is 14.8 Å². The quantitative estimate of drug-likeness (QED) is 0.640. The number of carbonyl (C=O) groups is 2. The molecule has 152 valence electrons. The average molecular weight is 415 g/mol. The maximum absolute atomic E-state index is 12.6. The van der Waals surface area contributed by atoms with Gasteiger partial charge in [-0.15, -0.1) is 11.3 Å². The molecule has 28 heavy (non-hydrogen) atoms. The molecular formula is C19H20F3NO4S. The summed E-state index contributed by atoms with van der Waals surface area (Å²) in [5.41, 5.74) is -0.540. The summed E-state index contributed by atoms with van der Waals surface area (Å²) in [7, 11) is 0. The lowest BCUT2D eigenvalue weighted by atomic mass is 10.1. The van der Waals surface area contributed by atoms with E-state index in [4.69, 9.17) is 9.47 Å². The summed E-state index contributed by atoms with van der Waals surface area (Å²) in [6.07, 6.45) is -4.44. The third-order valence-electron chi connectivity index (χ3n) is 3.62. The molecule has 0 bridgehead atoms. The molecule has 5 nitrogen and oxygen atoms in total. The standard InChI is InChI=1S/C19H20F3NO4S/c1-4-26-18(25)14-9-15(11(2)3)28-17(14)23-16(24)10-27-13-7-5-12(6-8-13)19(20,21)22/h5-9,11H,4,10H2,1-3H3,(H,23,24). The first-order valence-corrected chi connectivity index (χ1v) is 9.34. The van der Waals surface area contributed by atoms with E-state index >= 15 is 0 Å². The number of hydrogen-bond acceptors (Lipinski definition) is 5. The molecule has 0 saturated heterocycles. The van der Waals surface area contributed by atoms with Gasteiger partial charge >= 0.3 is 12.1 Å². The van der Waals surface area contributed by atoms with Crippen molar-refractivity contribution in [3.63, 3.8) is 0 Å². The van der Waals surface area contributed by atoms with Crippen molar-refractivity contribution in [2.75, 3.05) is 18.5 Å². The summed E-state index contributed by atoms with van der Waals surface area (Å²) < 4.78 is 47.9. The van der Waals surface area contributed by atoms with Crippen LogP contribution in [0.25, 0.3) is 0 Å². The molecule has 1 amide bonds. The minimum Gasteiger partial charge on any atom is -0.484 e. The van der Waals surface area contributed by atoms with E-state index in [0.717, 1.165) is 29.1 Å². The maximum Gasteiger partial charge on any atom is 0.416 e. The van der Waals surface area contributed by atoms with Crippen molar-refractivity contribution in [3.8, 4) is 5.75 Å². The smallest absolute Gasteiger partial charge is 0.416 e. The SMILES string of the molecule is CCOC(=O)c1cc(C(C)C)sc1NC(=O)COc1ccc(C(F)(F)F)cc1. The monoisotopic (exact) mass is 415 g/mol. The number of esters is 1. The van der Waals surface area contributed by atoms with Crippen LogP contribution in [-0.4, -0.2) is 25.1 Å². The zero-order chi connectivity index (χ0) is 20.9. The van der Waals surface area contributed by atoms with E-state index < -0.39 is 30.2 Å². The molecule has 0 aliphatic carbocycles. The number of ether oxygens (including phenoxy) is 2. The van der Waals surface area contributed by atoms with Gasteiger partial charge in [0.25, 0.3) is 5.91 Å². The summed E-state index contributed by atoms with van der Waals surface area (Å²) >= 11 is 1.26. The number of thiophene rings is 1. The van der Waals surface area contributed by atoms with Crippen LogP contribution in [-0.2, 0) is 15.7 Å². The average Bonchev–Trinajstić information content (AvgIpc) is 3.04. The molecule has 0 fully saturated rings. The van der Waals surface area contributed by atoms with Gasteiger partial charge in [-0.05, 0) is 43.2 Å². The zero-order valence-corrected chi connectivity index (χ0v) is 16.4. The molecule has 0 unspecified atom stereocenters. The van der Waals surface area contributed by atoms with E-state index in [1.807, 2.05) is 13.8 Å². The molecular weight excluding hydrogens is 395 g/mol. The molecule has 9 heteroatoms. The summed E-state index contributed by atoms with van der Waals surface area (Å²) in [5.74, 6) is -0.790. The Morgan fingerprint density at radius 2 is 1.82 bits per heavy atom. The molecule has 1 N–H and O–H groups in total. The summed E-state index contributed by atoms with van der Waals surface area (Å²) in [4.78, 5) is 25.2. The van der Waals surface area contributed by atoms with Crippen LogP contribution in [0.4, 0.5) is 18.2 Å². The van der Waals surface area contributed by atoms with Crippen molar-refractivity contribution < 1.29 is 32.2 Å². The van der Waals surface area contributed by atoms with Crippen molar-refractivity contribution >= 4 is 28.2 Å². The Morgan fingerprint density at radius 3 is 2.36 bits per heavy atom. The summed E-state index contributed by atoms with van der Waals surface area (Å²) in [5, 5.41) is 2.95. The lowest BCUT2D eigenvalue weighted by Crippen LogP contribution is -2.21. The fraction of sp³-hybridized carbons (Fsp3) is 0.368. The van der Waals surface area contributed by atoms with Crippen LogP contribution in [0.2, 0.25) is 0 Å². The maximum atomic E-state index is 12.6. The van der Waals surface area contributed by atoms with Crippen molar-refractivity contribution in [1.82, 2.24) is 0 Å². The first kappa shape index (κ1) is 21.7. The Morgan fingerprint density at radius 1 is 1.18 bits per heavy atom. The number of nitrogens with one attached hydrogen (secondary N) is 1. The third kappa shape index (κ3) is 5.72. The van der Waals surface area contributed by atoms with E-state index in [1.165, 1.54) is 11.3 Å². The summed E-state index contributed by atoms with van der Waals surface area (Å²) in [6, 6.07) is 5.71. The van der Waals surface area contributed by atoms with Crippen LogP contribution in [0.15, 0.2) is 30.3 Å². The second-order valence-corrected chi connectivity index (χ2v) is 7.21. The van der Waals surface area contributed by atoms with Gasteiger partial charge in [0.15, 0.2) is 6.61 Å². The third-order valence-corrected chi connectivity index (χ3v) is 4.97. The number of amides is 1. The van der Waals surface area contributed by atoms with Gasteiger partial charge in [0, 0.05) is 4.88 Å². The molecule has 1 heterocycles. The number of alkyl halides is 3. The predicted molar refractivity (Wildman–Crippen MR) is 99.9 cm³/mol. The Balaban J connectivity index is 2.03. The lowest BCUT2D eigenvalue weighted by Gasteiger charge is -2.10. The number of rotatable bonds is 7. The minimum absolute atomic E-state index is 0.128. The molecule has 0 aliphatic rings. The highest BCUT2D eigenvalue weighted by atomic mass is 32.1. The molecule has 1 aromatic carbocycles. The largest absolute Gasteiger partial charge is 0.484 e. The lowest BCUT2D eigenvalue weighted by molar-refractivity contribution is -0.137. The van der Waals surface area contributed by atoms with Crippen molar-refractivity contribution in [2.24, 2.45) is 0 Å². The van der Waals surface area contributed by atoms with Gasteiger partial charge in [-0.2, -0.15) is 13.2 Å². The highest BCUT2D eigenvalue weighted by molar-refractivity contribution is 7.16. The van der Waals surface area contributed by atoms with Gasteiger partial charge in [-0.1, -0.05) is 13.8 Å². The van der Waals surface area contributed by atoms with Gasteiger partial charge in [0.2, 0.25) is 0 Å². The molecule has 0 radical (unpaired) electrons. The van der Waals surface area contributed by atoms with Crippen LogP contribution in [0, 0.1) is 0 Å². The number of carbonyl (C=O) groups excluding carboxylic acids is 2. The van der Waals surface area contributed by atoms with Crippen molar-refractivity contribution in [3.05, 3.63) is 46.3 Å². The number of hydrogen-bond donors (Lipinski definition) is 1. The fourth-order valence-corrected chi connectivity index (χ4v) is 3.26. The second-order valence-electron chi connectivity index (χ2n) is 6.13.